The Bertz CT molecular complexity index is 552. The molecule has 6 nitrogen and oxygen atoms in total. The molecule has 0 aromatic heterocycles. The second-order valence-electron chi connectivity index (χ2n) is 5.81. The molecule has 0 radical (unpaired) electrons. The molecule has 0 aliphatic heterocycles. The van der Waals surface area contributed by atoms with Crippen LogP contribution < -0.4 is 4.74 Å². The zero-order chi connectivity index (χ0) is 18.7. The van der Waals surface area contributed by atoms with Gasteiger partial charge in [-0.25, -0.2) is 0 Å². The molecule has 0 atom stereocenters. The zero-order valence-electron chi connectivity index (χ0n) is 15.2. The summed E-state index contributed by atoms with van der Waals surface area (Å²) in [7, 11) is 3.95. The van der Waals surface area contributed by atoms with Crippen molar-refractivity contribution in [3.05, 3.63) is 29.3 Å². The van der Waals surface area contributed by atoms with Gasteiger partial charge in [0.15, 0.2) is 6.61 Å². The lowest BCUT2D eigenvalue weighted by atomic mass is 10.3. The normalized spacial score (nSPS) is 10.6. The Balaban J connectivity index is 2.57. The summed E-state index contributed by atoms with van der Waals surface area (Å²) in [5.41, 5.74) is 0. The van der Waals surface area contributed by atoms with E-state index in [-0.39, 0.29) is 24.9 Å². The smallest absolute Gasteiger partial charge is 0.307 e. The van der Waals surface area contributed by atoms with Crippen LogP contribution in [-0.4, -0.2) is 68.6 Å². The third-order valence-corrected chi connectivity index (χ3v) is 3.78. The molecular weight excluding hydrogens is 344 g/mol. The van der Waals surface area contributed by atoms with Gasteiger partial charge in [-0.05, 0) is 46.1 Å². The van der Waals surface area contributed by atoms with E-state index >= 15 is 0 Å². The molecule has 0 aliphatic rings. The molecule has 0 bridgehead atoms. The van der Waals surface area contributed by atoms with Gasteiger partial charge in [-0.15, -0.1) is 0 Å². The van der Waals surface area contributed by atoms with Gasteiger partial charge in [0.25, 0.3) is 5.91 Å². The summed E-state index contributed by atoms with van der Waals surface area (Å²) in [6.07, 6.45) is 0.987. The van der Waals surface area contributed by atoms with Crippen LogP contribution in [0.4, 0.5) is 0 Å². The molecule has 1 aromatic carbocycles. The molecular formula is C18H27ClN2O4. The number of benzene rings is 1. The number of ether oxygens (including phenoxy) is 2. The Morgan fingerprint density at radius 3 is 2.48 bits per heavy atom. The fraction of sp³-hybridized carbons (Fsp3) is 0.556. The van der Waals surface area contributed by atoms with Crippen molar-refractivity contribution in [2.24, 2.45) is 0 Å². The van der Waals surface area contributed by atoms with Crippen molar-refractivity contribution in [1.29, 1.82) is 0 Å². The molecule has 0 spiro atoms. The Kier molecular flexibility index (Phi) is 9.96. The van der Waals surface area contributed by atoms with Gasteiger partial charge in [0.1, 0.15) is 5.75 Å². The van der Waals surface area contributed by atoms with Crippen LogP contribution in [0.3, 0.4) is 0 Å². The van der Waals surface area contributed by atoms with Gasteiger partial charge in [0, 0.05) is 13.1 Å². The number of rotatable bonds is 11. The minimum atomic E-state index is -0.306. The van der Waals surface area contributed by atoms with Crippen molar-refractivity contribution in [2.45, 2.75) is 19.8 Å². The Hall–Kier alpha value is -1.79. The van der Waals surface area contributed by atoms with E-state index < -0.39 is 0 Å². The molecule has 1 amide bonds. The van der Waals surface area contributed by atoms with Gasteiger partial charge in [-0.1, -0.05) is 23.7 Å². The second kappa shape index (κ2) is 11.7. The van der Waals surface area contributed by atoms with E-state index in [4.69, 9.17) is 21.1 Å². The average molecular weight is 371 g/mol. The zero-order valence-corrected chi connectivity index (χ0v) is 15.9. The summed E-state index contributed by atoms with van der Waals surface area (Å²) >= 11 is 6.03. The summed E-state index contributed by atoms with van der Waals surface area (Å²) in [5, 5.41) is 0.459. The lowest BCUT2D eigenvalue weighted by Crippen LogP contribution is -2.38. The topological polar surface area (TPSA) is 59.1 Å². The predicted octanol–water partition coefficient (Wildman–Crippen LogP) is 2.45. The first-order chi connectivity index (χ1) is 11.9. The van der Waals surface area contributed by atoms with Gasteiger partial charge in [-0.2, -0.15) is 0 Å². The van der Waals surface area contributed by atoms with Crippen molar-refractivity contribution in [3.8, 4) is 5.75 Å². The molecule has 1 aromatic rings. The van der Waals surface area contributed by atoms with Crippen LogP contribution in [0.5, 0.6) is 5.75 Å². The minimum absolute atomic E-state index is 0.117. The van der Waals surface area contributed by atoms with Gasteiger partial charge >= 0.3 is 5.97 Å². The van der Waals surface area contributed by atoms with Gasteiger partial charge in [0.2, 0.25) is 0 Å². The van der Waals surface area contributed by atoms with E-state index in [1.807, 2.05) is 19.0 Å². The molecule has 0 fully saturated rings. The van der Waals surface area contributed by atoms with Crippen LogP contribution >= 0.6 is 11.6 Å². The first-order valence-corrected chi connectivity index (χ1v) is 8.77. The highest BCUT2D eigenvalue weighted by atomic mass is 35.5. The maximum atomic E-state index is 12.5. The Morgan fingerprint density at radius 2 is 1.84 bits per heavy atom. The van der Waals surface area contributed by atoms with Gasteiger partial charge in [-0.3, -0.25) is 9.59 Å². The highest BCUT2D eigenvalue weighted by Gasteiger charge is 2.16. The number of hydrogen-bond acceptors (Lipinski definition) is 5. The summed E-state index contributed by atoms with van der Waals surface area (Å²) in [5.74, 6) is -0.0148. The number of nitrogens with zero attached hydrogens (tertiary/aromatic N) is 2. The van der Waals surface area contributed by atoms with E-state index in [1.165, 1.54) is 0 Å². The van der Waals surface area contributed by atoms with Crippen molar-refractivity contribution < 1.29 is 19.1 Å². The number of hydrogen-bond donors (Lipinski definition) is 0. The van der Waals surface area contributed by atoms with Crippen LogP contribution in [0, 0.1) is 0 Å². The lowest BCUT2D eigenvalue weighted by Gasteiger charge is -2.23. The van der Waals surface area contributed by atoms with Crippen LogP contribution in [0.1, 0.15) is 19.8 Å². The predicted molar refractivity (Wildman–Crippen MR) is 97.9 cm³/mol. The molecule has 25 heavy (non-hydrogen) atoms. The third kappa shape index (κ3) is 8.74. The summed E-state index contributed by atoms with van der Waals surface area (Å²) in [6, 6.07) is 7.01. The lowest BCUT2D eigenvalue weighted by molar-refractivity contribution is -0.144. The maximum Gasteiger partial charge on any atom is 0.307 e. The SMILES string of the molecule is CCOC(=O)CCN(CCCN(C)C)C(=O)COc1ccccc1Cl. The minimum Gasteiger partial charge on any atom is -0.482 e. The van der Waals surface area contributed by atoms with Crippen molar-refractivity contribution in [1.82, 2.24) is 9.80 Å². The van der Waals surface area contributed by atoms with Gasteiger partial charge < -0.3 is 19.3 Å². The largest absolute Gasteiger partial charge is 0.482 e. The molecule has 0 N–H and O–H groups in total. The second-order valence-corrected chi connectivity index (χ2v) is 6.22. The van der Waals surface area contributed by atoms with Crippen LogP contribution in [0.25, 0.3) is 0 Å². The first kappa shape index (κ1) is 21.3. The number of esters is 1. The summed E-state index contributed by atoms with van der Waals surface area (Å²) < 4.78 is 10.4. The molecule has 0 unspecified atom stereocenters. The Labute approximate surface area is 154 Å². The fourth-order valence-electron chi connectivity index (χ4n) is 2.19. The highest BCUT2D eigenvalue weighted by molar-refractivity contribution is 6.32. The standard InChI is InChI=1S/C18H27ClN2O4/c1-4-24-18(23)10-13-21(12-7-11-20(2)3)17(22)14-25-16-9-6-5-8-15(16)19/h5-6,8-9H,4,7,10-14H2,1-3H3. The van der Waals surface area contributed by atoms with Crippen LogP contribution in [-0.2, 0) is 14.3 Å². The van der Waals surface area contributed by atoms with E-state index in [2.05, 4.69) is 0 Å². The number of amides is 1. The van der Waals surface area contributed by atoms with Crippen molar-refractivity contribution in [2.75, 3.05) is 46.9 Å². The van der Waals surface area contributed by atoms with Crippen LogP contribution in [0.15, 0.2) is 24.3 Å². The maximum absolute atomic E-state index is 12.5. The molecule has 0 saturated carbocycles. The number of carbonyl (C=O) groups excluding carboxylic acids is 2. The number of carbonyl (C=O) groups is 2. The number of halogens is 1. The van der Waals surface area contributed by atoms with Crippen LogP contribution in [0.2, 0.25) is 5.02 Å². The monoisotopic (exact) mass is 370 g/mol. The van der Waals surface area contributed by atoms with Crippen molar-refractivity contribution >= 4 is 23.5 Å². The first-order valence-electron chi connectivity index (χ1n) is 8.39. The quantitative estimate of drug-likeness (QED) is 0.560. The van der Waals surface area contributed by atoms with Gasteiger partial charge in [0.05, 0.1) is 18.1 Å². The third-order valence-electron chi connectivity index (χ3n) is 3.47. The molecule has 0 heterocycles. The number of para-hydroxylation sites is 1. The summed E-state index contributed by atoms with van der Waals surface area (Å²) in [4.78, 5) is 27.7. The Morgan fingerprint density at radius 1 is 1.12 bits per heavy atom. The molecule has 1 rings (SSSR count). The molecule has 0 aliphatic carbocycles. The van der Waals surface area contributed by atoms with Crippen molar-refractivity contribution in [3.63, 3.8) is 0 Å². The molecule has 0 saturated heterocycles. The molecule has 140 valence electrons. The van der Waals surface area contributed by atoms with E-state index in [1.54, 1.807) is 36.1 Å². The highest BCUT2D eigenvalue weighted by Crippen LogP contribution is 2.23. The van der Waals surface area contributed by atoms with E-state index in [0.29, 0.717) is 30.5 Å². The molecule has 7 heteroatoms. The average Bonchev–Trinajstić information content (AvgIpc) is 2.57. The van der Waals surface area contributed by atoms with E-state index in [9.17, 15) is 9.59 Å². The fourth-order valence-corrected chi connectivity index (χ4v) is 2.38. The van der Waals surface area contributed by atoms with E-state index in [0.717, 1.165) is 13.0 Å². The summed E-state index contributed by atoms with van der Waals surface area (Å²) in [6.45, 7) is 3.71.